The van der Waals surface area contributed by atoms with Crippen molar-refractivity contribution in [2.24, 2.45) is 5.41 Å². The zero-order chi connectivity index (χ0) is 13.6. The number of nitrogens with one attached hydrogen (secondary N) is 1. The maximum Gasteiger partial charge on any atom is 0.0412 e. The van der Waals surface area contributed by atoms with E-state index in [0.717, 1.165) is 0 Å². The first-order chi connectivity index (χ1) is 7.34. The van der Waals surface area contributed by atoms with E-state index in [0.29, 0.717) is 0 Å². The van der Waals surface area contributed by atoms with Crippen molar-refractivity contribution < 1.29 is 21.7 Å². The Morgan fingerprint density at radius 1 is 1.11 bits per heavy atom. The molecule has 1 N–H and O–H groups in total. The minimum absolute atomic E-state index is 0. The van der Waals surface area contributed by atoms with Crippen molar-refractivity contribution in [3.05, 3.63) is 22.5 Å². The number of allylic oxidation sites excluding steroid dienone is 3. The third-order valence-corrected chi connectivity index (χ3v) is 5.12. The Bertz CT molecular complexity index is 378. The third kappa shape index (κ3) is 4.11. The van der Waals surface area contributed by atoms with Gasteiger partial charge in [-0.15, -0.1) is 11.3 Å². The Morgan fingerprint density at radius 2 is 1.56 bits per heavy atom. The summed E-state index contributed by atoms with van der Waals surface area (Å²) in [7, 11) is -1.33. The zero-order valence-electron chi connectivity index (χ0n) is 13.5. The molecular formula is C15H28NSiTi-. The predicted octanol–water partition coefficient (Wildman–Crippen LogP) is 4.29. The van der Waals surface area contributed by atoms with Crippen molar-refractivity contribution >= 4 is 8.07 Å². The van der Waals surface area contributed by atoms with Gasteiger partial charge in [-0.1, -0.05) is 45.8 Å². The van der Waals surface area contributed by atoms with Crippen molar-refractivity contribution in [1.82, 2.24) is 5.32 Å². The van der Waals surface area contributed by atoms with Crippen LogP contribution in [0.3, 0.4) is 0 Å². The van der Waals surface area contributed by atoms with Gasteiger partial charge in [0, 0.05) is 35.3 Å². The van der Waals surface area contributed by atoms with Crippen molar-refractivity contribution in [3.8, 4) is 0 Å². The summed E-state index contributed by atoms with van der Waals surface area (Å²) in [4.78, 5) is 0. The van der Waals surface area contributed by atoms with Crippen molar-refractivity contribution in [2.75, 3.05) is 0 Å². The smallest absolute Gasteiger partial charge is 0.0412 e. The standard InChI is InChI=1S/C15H28NSi.Ti/c1-11-13(16-14(2,3)4)12(17(7,8)9)10-15(11,5)6;/h16H,1-9H3;/q-1;. The molecule has 0 aromatic rings. The molecule has 0 heterocycles. The molecule has 0 spiro atoms. The van der Waals surface area contributed by atoms with Crippen LogP contribution in [0.5, 0.6) is 0 Å². The molecule has 1 rings (SSSR count). The largest absolute Gasteiger partial charge is 0.458 e. The molecule has 0 aromatic carbocycles. The van der Waals surface area contributed by atoms with E-state index in [1.165, 1.54) is 16.5 Å². The van der Waals surface area contributed by atoms with Gasteiger partial charge in [0.15, 0.2) is 0 Å². The SMILES string of the molecule is CC1=C(NC(C)(C)C)C([Si](C)(C)C)=[C-]C1(C)C.[Ti]. The van der Waals surface area contributed by atoms with Gasteiger partial charge >= 0.3 is 0 Å². The first kappa shape index (κ1) is 18.2. The van der Waals surface area contributed by atoms with Gasteiger partial charge in [-0.25, -0.2) is 5.20 Å². The van der Waals surface area contributed by atoms with Crippen LogP contribution in [-0.2, 0) is 21.7 Å². The molecule has 102 valence electrons. The molecule has 0 radical (unpaired) electrons. The summed E-state index contributed by atoms with van der Waals surface area (Å²) in [5, 5.41) is 5.16. The average Bonchev–Trinajstić information content (AvgIpc) is 2.25. The van der Waals surface area contributed by atoms with Crippen LogP contribution in [0.4, 0.5) is 0 Å². The molecule has 0 aliphatic heterocycles. The summed E-state index contributed by atoms with van der Waals surface area (Å²) in [6, 6.07) is 0. The molecule has 0 saturated heterocycles. The molecular weight excluding hydrogens is 270 g/mol. The molecule has 3 heteroatoms. The van der Waals surface area contributed by atoms with Crippen LogP contribution in [0.2, 0.25) is 19.6 Å². The van der Waals surface area contributed by atoms with Crippen LogP contribution in [0, 0.1) is 11.5 Å². The van der Waals surface area contributed by atoms with E-state index in [1.54, 1.807) is 0 Å². The van der Waals surface area contributed by atoms with Crippen LogP contribution in [0.25, 0.3) is 0 Å². The molecule has 0 atom stereocenters. The van der Waals surface area contributed by atoms with Gasteiger partial charge in [-0.2, -0.15) is 0 Å². The van der Waals surface area contributed by atoms with E-state index in [-0.39, 0.29) is 32.7 Å². The van der Waals surface area contributed by atoms with Crippen LogP contribution < -0.4 is 5.32 Å². The van der Waals surface area contributed by atoms with Gasteiger partial charge in [0.05, 0.1) is 0 Å². The summed E-state index contributed by atoms with van der Waals surface area (Å²) in [6.07, 6.45) is 3.73. The van der Waals surface area contributed by atoms with Gasteiger partial charge in [0.1, 0.15) is 0 Å². The van der Waals surface area contributed by atoms with Crippen LogP contribution in [0.15, 0.2) is 16.5 Å². The number of rotatable bonds is 2. The van der Waals surface area contributed by atoms with Crippen LogP contribution >= 0.6 is 0 Å². The van der Waals surface area contributed by atoms with E-state index in [4.69, 9.17) is 0 Å². The summed E-state index contributed by atoms with van der Waals surface area (Å²) < 4.78 is 0. The van der Waals surface area contributed by atoms with E-state index in [9.17, 15) is 0 Å². The third-order valence-electron chi connectivity index (χ3n) is 3.25. The predicted molar refractivity (Wildman–Crippen MR) is 79.5 cm³/mol. The Hall–Kier alpha value is 0.211. The summed E-state index contributed by atoms with van der Waals surface area (Å²) in [6.45, 7) is 20.6. The second-order valence-corrected chi connectivity index (χ2v) is 12.8. The minimum atomic E-state index is -1.33. The molecule has 1 aliphatic rings. The Balaban J connectivity index is 0.00000289. The maximum atomic E-state index is 3.73. The molecule has 0 aromatic heterocycles. The fourth-order valence-electron chi connectivity index (χ4n) is 2.06. The van der Waals surface area contributed by atoms with Gasteiger partial charge in [0.2, 0.25) is 0 Å². The molecule has 1 nitrogen and oxygen atoms in total. The fourth-order valence-corrected chi connectivity index (χ4v) is 3.75. The number of hydrogen-bond acceptors (Lipinski definition) is 1. The fraction of sp³-hybridized carbons (Fsp3) is 0.733. The van der Waals surface area contributed by atoms with E-state index < -0.39 is 8.07 Å². The Labute approximate surface area is 129 Å². The van der Waals surface area contributed by atoms with Gasteiger partial charge in [-0.05, 0) is 20.8 Å². The monoisotopic (exact) mass is 298 g/mol. The molecule has 18 heavy (non-hydrogen) atoms. The molecule has 0 amide bonds. The summed E-state index contributed by atoms with van der Waals surface area (Å²) >= 11 is 0. The summed E-state index contributed by atoms with van der Waals surface area (Å²) in [5.74, 6) is 0. The molecule has 1 aliphatic carbocycles. The maximum absolute atomic E-state index is 3.73. The summed E-state index contributed by atoms with van der Waals surface area (Å²) in [5.41, 5.74) is 3.00. The average molecular weight is 298 g/mol. The van der Waals surface area contributed by atoms with Gasteiger partial charge in [0.25, 0.3) is 0 Å². The van der Waals surface area contributed by atoms with E-state index in [1.807, 2.05) is 0 Å². The van der Waals surface area contributed by atoms with Crippen molar-refractivity contribution in [2.45, 2.75) is 66.7 Å². The topological polar surface area (TPSA) is 12.0 Å². The second kappa shape index (κ2) is 5.30. The first-order valence-electron chi connectivity index (χ1n) is 6.50. The molecule has 0 bridgehead atoms. The van der Waals surface area contributed by atoms with E-state index in [2.05, 4.69) is 72.6 Å². The normalized spacial score (nSPS) is 19.5. The second-order valence-electron chi connectivity index (χ2n) is 7.75. The van der Waals surface area contributed by atoms with Crippen molar-refractivity contribution in [3.63, 3.8) is 0 Å². The molecule has 0 fully saturated rings. The quantitative estimate of drug-likeness (QED) is 0.592. The molecule has 0 saturated carbocycles. The van der Waals surface area contributed by atoms with Crippen LogP contribution in [0.1, 0.15) is 41.5 Å². The number of hydrogen-bond donors (Lipinski definition) is 1. The van der Waals surface area contributed by atoms with Gasteiger partial charge in [-0.3, -0.25) is 6.08 Å². The Kier molecular flexibility index (Phi) is 5.36. The van der Waals surface area contributed by atoms with Gasteiger partial charge < -0.3 is 5.32 Å². The molecule has 0 unspecified atom stereocenters. The van der Waals surface area contributed by atoms with Crippen LogP contribution in [-0.4, -0.2) is 13.6 Å². The zero-order valence-corrected chi connectivity index (χ0v) is 16.1. The van der Waals surface area contributed by atoms with E-state index >= 15 is 0 Å². The Morgan fingerprint density at radius 3 is 1.89 bits per heavy atom. The minimum Gasteiger partial charge on any atom is -0.458 e. The first-order valence-corrected chi connectivity index (χ1v) is 10.0. The van der Waals surface area contributed by atoms with Crippen molar-refractivity contribution in [1.29, 1.82) is 0 Å².